The maximum absolute atomic E-state index is 8.31. The molecular formula is C7H8IN3. The van der Waals surface area contributed by atoms with Gasteiger partial charge in [0.25, 0.3) is 0 Å². The van der Waals surface area contributed by atoms with E-state index in [2.05, 4.69) is 33.8 Å². The van der Waals surface area contributed by atoms with Crippen LogP contribution < -0.4 is 0 Å². The molecule has 1 heterocycles. The second-order valence-electron chi connectivity index (χ2n) is 2.23. The van der Waals surface area contributed by atoms with Gasteiger partial charge in [0.1, 0.15) is 0 Å². The van der Waals surface area contributed by atoms with E-state index in [0.29, 0.717) is 13.0 Å². The van der Waals surface area contributed by atoms with E-state index in [0.717, 1.165) is 9.26 Å². The molecule has 58 valence electrons. The van der Waals surface area contributed by atoms with Crippen LogP contribution in [0.15, 0.2) is 6.20 Å². The lowest BCUT2D eigenvalue weighted by Crippen LogP contribution is -1.97. The third-order valence-electron chi connectivity index (χ3n) is 1.34. The molecule has 0 aromatic carbocycles. The van der Waals surface area contributed by atoms with Gasteiger partial charge in [-0.15, -0.1) is 0 Å². The summed E-state index contributed by atoms with van der Waals surface area (Å²) in [7, 11) is 0. The Labute approximate surface area is 79.2 Å². The quantitative estimate of drug-likeness (QED) is 0.760. The van der Waals surface area contributed by atoms with Crippen LogP contribution in [-0.4, -0.2) is 9.78 Å². The number of hydrogen-bond acceptors (Lipinski definition) is 2. The summed E-state index contributed by atoms with van der Waals surface area (Å²) in [6, 6.07) is 2.08. The summed E-state index contributed by atoms with van der Waals surface area (Å²) in [5, 5.41) is 12.5. The van der Waals surface area contributed by atoms with Crippen LogP contribution in [0.4, 0.5) is 0 Å². The van der Waals surface area contributed by atoms with Crippen LogP contribution in [0.2, 0.25) is 0 Å². The fourth-order valence-corrected chi connectivity index (χ4v) is 1.20. The van der Waals surface area contributed by atoms with E-state index in [1.54, 1.807) is 4.68 Å². The first kappa shape index (κ1) is 8.53. The van der Waals surface area contributed by atoms with Gasteiger partial charge in [-0.25, -0.2) is 0 Å². The summed E-state index contributed by atoms with van der Waals surface area (Å²) in [5.74, 6) is 0. The average molecular weight is 261 g/mol. The minimum atomic E-state index is 0.525. The van der Waals surface area contributed by atoms with Crippen molar-refractivity contribution in [1.82, 2.24) is 9.78 Å². The van der Waals surface area contributed by atoms with Crippen LogP contribution in [0.5, 0.6) is 0 Å². The number of halogens is 1. The number of nitrogens with zero attached hydrogens (tertiary/aromatic N) is 3. The van der Waals surface area contributed by atoms with Crippen molar-refractivity contribution in [1.29, 1.82) is 5.26 Å². The minimum Gasteiger partial charge on any atom is -0.270 e. The fourth-order valence-electron chi connectivity index (χ4n) is 0.773. The van der Waals surface area contributed by atoms with Gasteiger partial charge in [0.15, 0.2) is 0 Å². The van der Waals surface area contributed by atoms with Gasteiger partial charge in [-0.2, -0.15) is 10.4 Å². The highest BCUT2D eigenvalue weighted by atomic mass is 127. The van der Waals surface area contributed by atoms with Gasteiger partial charge in [-0.05, 0) is 29.5 Å². The smallest absolute Gasteiger partial charge is 0.0727 e. The Morgan fingerprint density at radius 2 is 2.55 bits per heavy atom. The second-order valence-corrected chi connectivity index (χ2v) is 3.40. The van der Waals surface area contributed by atoms with Gasteiger partial charge in [-0.1, -0.05) is 0 Å². The number of rotatable bonds is 2. The lowest BCUT2D eigenvalue weighted by atomic mass is 10.5. The number of hydrogen-bond donors (Lipinski definition) is 0. The van der Waals surface area contributed by atoms with Crippen molar-refractivity contribution in [2.45, 2.75) is 19.9 Å². The van der Waals surface area contributed by atoms with Gasteiger partial charge in [0, 0.05) is 6.20 Å². The normalized spacial score (nSPS) is 9.55. The molecule has 0 fully saturated rings. The number of aromatic nitrogens is 2. The molecule has 3 nitrogen and oxygen atoms in total. The zero-order chi connectivity index (χ0) is 8.27. The third-order valence-corrected chi connectivity index (χ3v) is 2.40. The molecule has 1 aromatic rings. The van der Waals surface area contributed by atoms with Gasteiger partial charge < -0.3 is 0 Å². The largest absolute Gasteiger partial charge is 0.270 e. The lowest BCUT2D eigenvalue weighted by Gasteiger charge is -1.92. The molecule has 0 saturated carbocycles. The standard InChI is InChI=1S/C7H8IN3/c1-6-7(8)5-11(10-6)4-2-3-9/h5H,2,4H2,1H3. The van der Waals surface area contributed by atoms with Crippen LogP contribution in [0.1, 0.15) is 12.1 Å². The highest BCUT2D eigenvalue weighted by Crippen LogP contribution is 2.08. The Kier molecular flexibility index (Phi) is 2.88. The molecule has 11 heavy (non-hydrogen) atoms. The molecule has 0 spiro atoms. The van der Waals surface area contributed by atoms with Gasteiger partial charge in [0.2, 0.25) is 0 Å². The number of nitriles is 1. The van der Waals surface area contributed by atoms with Crippen molar-refractivity contribution < 1.29 is 0 Å². The van der Waals surface area contributed by atoms with Gasteiger partial charge in [0.05, 0.1) is 28.3 Å². The van der Waals surface area contributed by atoms with Crippen LogP contribution in [0, 0.1) is 21.8 Å². The molecule has 0 bridgehead atoms. The lowest BCUT2D eigenvalue weighted by molar-refractivity contribution is 0.622. The summed E-state index contributed by atoms with van der Waals surface area (Å²) in [5.41, 5.74) is 1.03. The zero-order valence-corrected chi connectivity index (χ0v) is 8.37. The molecule has 1 aromatic heterocycles. The van der Waals surface area contributed by atoms with E-state index in [9.17, 15) is 0 Å². The first-order valence-corrected chi connectivity index (χ1v) is 4.38. The summed E-state index contributed by atoms with van der Waals surface area (Å²) in [6.45, 7) is 2.66. The van der Waals surface area contributed by atoms with Crippen LogP contribution in [-0.2, 0) is 6.54 Å². The topological polar surface area (TPSA) is 41.6 Å². The monoisotopic (exact) mass is 261 g/mol. The van der Waals surface area contributed by atoms with Crippen LogP contribution in [0.25, 0.3) is 0 Å². The molecule has 0 N–H and O–H groups in total. The molecule has 0 aliphatic heterocycles. The van der Waals surface area contributed by atoms with E-state index in [1.165, 1.54) is 0 Å². The molecule has 0 aliphatic rings. The van der Waals surface area contributed by atoms with Gasteiger partial charge >= 0.3 is 0 Å². The summed E-state index contributed by atoms with van der Waals surface area (Å²) < 4.78 is 2.96. The first-order chi connectivity index (χ1) is 5.24. The summed E-state index contributed by atoms with van der Waals surface area (Å²) in [6.07, 6.45) is 2.48. The molecule has 4 heteroatoms. The van der Waals surface area contributed by atoms with Crippen molar-refractivity contribution in [3.63, 3.8) is 0 Å². The van der Waals surface area contributed by atoms with E-state index in [-0.39, 0.29) is 0 Å². The number of aryl methyl sites for hydroxylation is 2. The molecule has 0 amide bonds. The maximum Gasteiger partial charge on any atom is 0.0727 e. The first-order valence-electron chi connectivity index (χ1n) is 3.30. The summed E-state index contributed by atoms with van der Waals surface area (Å²) >= 11 is 2.23. The SMILES string of the molecule is Cc1nn(CCC#N)cc1I. The molecule has 1 rings (SSSR count). The van der Waals surface area contributed by atoms with E-state index < -0.39 is 0 Å². The Bertz CT molecular complexity index is 265. The summed E-state index contributed by atoms with van der Waals surface area (Å²) in [4.78, 5) is 0. The Hall–Kier alpha value is -0.570. The van der Waals surface area contributed by atoms with Crippen molar-refractivity contribution in [3.05, 3.63) is 15.5 Å². The zero-order valence-electron chi connectivity index (χ0n) is 6.21. The predicted molar refractivity (Wildman–Crippen MR) is 49.9 cm³/mol. The minimum absolute atomic E-state index is 0.525. The van der Waals surface area contributed by atoms with E-state index in [4.69, 9.17) is 5.26 Å². The molecule has 0 atom stereocenters. The predicted octanol–water partition coefficient (Wildman–Crippen LogP) is 1.71. The van der Waals surface area contributed by atoms with Crippen LogP contribution >= 0.6 is 22.6 Å². The van der Waals surface area contributed by atoms with Crippen molar-refractivity contribution in [3.8, 4) is 6.07 Å². The molecule has 0 saturated heterocycles. The Morgan fingerprint density at radius 3 is 3.00 bits per heavy atom. The third kappa shape index (κ3) is 2.19. The van der Waals surface area contributed by atoms with Crippen molar-refractivity contribution in [2.75, 3.05) is 0 Å². The molecule has 0 radical (unpaired) electrons. The highest BCUT2D eigenvalue weighted by molar-refractivity contribution is 14.1. The molecule has 0 aliphatic carbocycles. The van der Waals surface area contributed by atoms with Crippen molar-refractivity contribution in [2.24, 2.45) is 0 Å². The van der Waals surface area contributed by atoms with Crippen LogP contribution in [0.3, 0.4) is 0 Å². The second kappa shape index (κ2) is 3.72. The van der Waals surface area contributed by atoms with Gasteiger partial charge in [-0.3, -0.25) is 4.68 Å². The Morgan fingerprint density at radius 1 is 1.82 bits per heavy atom. The maximum atomic E-state index is 8.31. The Balaban J connectivity index is 2.67. The average Bonchev–Trinajstić information content (AvgIpc) is 2.28. The molecule has 0 unspecified atom stereocenters. The fraction of sp³-hybridized carbons (Fsp3) is 0.429. The van der Waals surface area contributed by atoms with Crippen molar-refractivity contribution >= 4 is 22.6 Å². The highest BCUT2D eigenvalue weighted by Gasteiger charge is 1.99. The van der Waals surface area contributed by atoms with E-state index >= 15 is 0 Å². The van der Waals surface area contributed by atoms with E-state index in [1.807, 2.05) is 13.1 Å². The molecular weight excluding hydrogens is 253 g/mol.